The molecule has 1 unspecified atom stereocenters. The Balaban J connectivity index is 1.73. The van der Waals surface area contributed by atoms with Crippen molar-refractivity contribution in [3.63, 3.8) is 0 Å². The molecule has 9 heteroatoms. The lowest BCUT2D eigenvalue weighted by atomic mass is 10.1. The second-order valence-corrected chi connectivity index (χ2v) is 6.56. The molecule has 0 aromatic heterocycles. The average molecular weight is 409 g/mol. The highest BCUT2D eigenvalue weighted by Crippen LogP contribution is 2.26. The normalized spacial score (nSPS) is 13.5. The molecule has 0 saturated carbocycles. The highest BCUT2D eigenvalue weighted by atomic mass is 16.5. The molecule has 0 bridgehead atoms. The lowest BCUT2D eigenvalue weighted by molar-refractivity contribution is -0.127. The molecule has 30 heavy (non-hydrogen) atoms. The van der Waals surface area contributed by atoms with Crippen molar-refractivity contribution in [2.45, 2.75) is 19.6 Å². The summed E-state index contributed by atoms with van der Waals surface area (Å²) in [6, 6.07) is 12.3. The van der Waals surface area contributed by atoms with Crippen molar-refractivity contribution in [1.82, 2.24) is 15.5 Å². The molecule has 1 aliphatic heterocycles. The quantitative estimate of drug-likeness (QED) is 0.570. The predicted molar refractivity (Wildman–Crippen MR) is 105 cm³/mol. The van der Waals surface area contributed by atoms with Gasteiger partial charge in [-0.05, 0) is 30.7 Å². The van der Waals surface area contributed by atoms with Crippen molar-refractivity contribution in [1.29, 1.82) is 0 Å². The Hall–Kier alpha value is -4.01. The van der Waals surface area contributed by atoms with E-state index in [-0.39, 0.29) is 23.2 Å². The van der Waals surface area contributed by atoms with Crippen molar-refractivity contribution >= 4 is 29.7 Å². The van der Waals surface area contributed by atoms with Crippen molar-refractivity contribution in [2.75, 3.05) is 7.05 Å². The SMILES string of the molecule is CNC(=O)NC(=O)C(C)OC(=O)c1ccc2c(c1)C(=O)N(Cc1ccccc1)C2=O. The van der Waals surface area contributed by atoms with E-state index >= 15 is 0 Å². The number of imide groups is 2. The van der Waals surface area contributed by atoms with Crippen molar-refractivity contribution in [2.24, 2.45) is 0 Å². The summed E-state index contributed by atoms with van der Waals surface area (Å²) in [5.41, 5.74) is 1.09. The lowest BCUT2D eigenvalue weighted by Gasteiger charge is -2.13. The second kappa shape index (κ2) is 8.56. The Labute approximate surface area is 172 Å². The number of carbonyl (C=O) groups is 5. The number of hydrogen-bond acceptors (Lipinski definition) is 6. The highest BCUT2D eigenvalue weighted by Gasteiger charge is 2.36. The van der Waals surface area contributed by atoms with Crippen LogP contribution in [-0.4, -0.2) is 47.8 Å². The minimum Gasteiger partial charge on any atom is -0.449 e. The summed E-state index contributed by atoms with van der Waals surface area (Å²) in [6.45, 7) is 1.42. The van der Waals surface area contributed by atoms with Crippen LogP contribution >= 0.6 is 0 Å². The number of nitrogens with zero attached hydrogens (tertiary/aromatic N) is 1. The maximum Gasteiger partial charge on any atom is 0.338 e. The summed E-state index contributed by atoms with van der Waals surface area (Å²) in [5, 5.41) is 4.21. The molecule has 2 N–H and O–H groups in total. The molecule has 0 radical (unpaired) electrons. The third-order valence-corrected chi connectivity index (χ3v) is 4.51. The molecule has 5 amide bonds. The molecule has 9 nitrogen and oxygen atoms in total. The second-order valence-electron chi connectivity index (χ2n) is 6.56. The zero-order valence-electron chi connectivity index (χ0n) is 16.3. The van der Waals surface area contributed by atoms with Crippen LogP contribution in [0.1, 0.15) is 43.6 Å². The van der Waals surface area contributed by atoms with Gasteiger partial charge in [0.05, 0.1) is 23.2 Å². The molecule has 2 aromatic rings. The van der Waals surface area contributed by atoms with Crippen LogP contribution in [0.2, 0.25) is 0 Å². The first kappa shape index (κ1) is 20.7. The van der Waals surface area contributed by atoms with Gasteiger partial charge in [-0.3, -0.25) is 24.6 Å². The van der Waals surface area contributed by atoms with Gasteiger partial charge in [-0.15, -0.1) is 0 Å². The summed E-state index contributed by atoms with van der Waals surface area (Å²) >= 11 is 0. The summed E-state index contributed by atoms with van der Waals surface area (Å²) in [6.07, 6.45) is -1.24. The fourth-order valence-electron chi connectivity index (χ4n) is 2.89. The Morgan fingerprint density at radius 3 is 2.33 bits per heavy atom. The van der Waals surface area contributed by atoms with E-state index in [9.17, 15) is 24.0 Å². The standard InChI is InChI=1S/C21H19N3O6/c1-12(17(25)23-21(29)22-2)30-20(28)14-8-9-15-16(10-14)19(27)24(18(15)26)11-13-6-4-3-5-7-13/h3-10,12H,11H2,1-2H3,(H2,22,23,25,29). The van der Waals surface area contributed by atoms with E-state index in [0.717, 1.165) is 10.5 Å². The number of rotatable bonds is 5. The van der Waals surface area contributed by atoms with E-state index in [1.807, 2.05) is 23.5 Å². The fourth-order valence-corrected chi connectivity index (χ4v) is 2.89. The number of amides is 5. The third-order valence-electron chi connectivity index (χ3n) is 4.51. The number of nitrogens with one attached hydrogen (secondary N) is 2. The minimum atomic E-state index is -1.24. The predicted octanol–water partition coefficient (Wildman–Crippen LogP) is 1.48. The number of ether oxygens (including phenoxy) is 1. The van der Waals surface area contributed by atoms with Crippen molar-refractivity contribution in [3.8, 4) is 0 Å². The highest BCUT2D eigenvalue weighted by molar-refractivity contribution is 6.21. The van der Waals surface area contributed by atoms with E-state index < -0.39 is 35.8 Å². The van der Waals surface area contributed by atoms with Crippen molar-refractivity contribution < 1.29 is 28.7 Å². The van der Waals surface area contributed by atoms with Gasteiger partial charge in [0, 0.05) is 7.05 Å². The van der Waals surface area contributed by atoms with Gasteiger partial charge in [-0.1, -0.05) is 30.3 Å². The summed E-state index contributed by atoms with van der Waals surface area (Å²) in [7, 11) is 1.34. The number of urea groups is 1. The fraction of sp³-hybridized carbons (Fsp3) is 0.190. The molecule has 1 heterocycles. The first-order valence-corrected chi connectivity index (χ1v) is 9.09. The van der Waals surface area contributed by atoms with Gasteiger partial charge in [0.25, 0.3) is 17.7 Å². The first-order chi connectivity index (χ1) is 14.3. The number of fused-ring (bicyclic) bond motifs is 1. The lowest BCUT2D eigenvalue weighted by Crippen LogP contribution is -2.43. The van der Waals surface area contributed by atoms with Gasteiger partial charge in [0.15, 0.2) is 6.10 Å². The zero-order chi connectivity index (χ0) is 21.8. The van der Waals surface area contributed by atoms with Gasteiger partial charge in [-0.25, -0.2) is 9.59 Å². The molecular formula is C21H19N3O6. The molecule has 0 spiro atoms. The monoisotopic (exact) mass is 409 g/mol. The molecule has 3 rings (SSSR count). The van der Waals surface area contributed by atoms with Crippen LogP contribution in [0.3, 0.4) is 0 Å². The van der Waals surface area contributed by atoms with Crippen LogP contribution < -0.4 is 10.6 Å². The molecule has 0 aliphatic carbocycles. The summed E-state index contributed by atoms with van der Waals surface area (Å²) < 4.78 is 5.05. The summed E-state index contributed by atoms with van der Waals surface area (Å²) in [5.74, 6) is -2.63. The van der Waals surface area contributed by atoms with Crippen LogP contribution in [0.15, 0.2) is 48.5 Å². The van der Waals surface area contributed by atoms with Crippen LogP contribution in [0, 0.1) is 0 Å². The van der Waals surface area contributed by atoms with Crippen LogP contribution in [0.25, 0.3) is 0 Å². The molecule has 154 valence electrons. The number of esters is 1. The third kappa shape index (κ3) is 4.19. The van der Waals surface area contributed by atoms with Gasteiger partial charge in [-0.2, -0.15) is 0 Å². The van der Waals surface area contributed by atoms with Gasteiger partial charge >= 0.3 is 12.0 Å². The smallest absolute Gasteiger partial charge is 0.338 e. The number of carbonyl (C=O) groups excluding carboxylic acids is 5. The zero-order valence-corrected chi connectivity index (χ0v) is 16.3. The summed E-state index contributed by atoms with van der Waals surface area (Å²) in [4.78, 5) is 61.8. The maximum atomic E-state index is 12.7. The molecule has 0 saturated heterocycles. The Morgan fingerprint density at radius 2 is 1.67 bits per heavy atom. The number of benzene rings is 2. The Morgan fingerprint density at radius 1 is 1.00 bits per heavy atom. The molecule has 1 aliphatic rings. The van der Waals surface area contributed by atoms with Crippen LogP contribution in [0.4, 0.5) is 4.79 Å². The average Bonchev–Trinajstić information content (AvgIpc) is 2.98. The van der Waals surface area contributed by atoms with E-state index in [4.69, 9.17) is 4.74 Å². The van der Waals surface area contributed by atoms with Crippen LogP contribution in [0.5, 0.6) is 0 Å². The topological polar surface area (TPSA) is 122 Å². The Bertz CT molecular complexity index is 1030. The Kier molecular flexibility index (Phi) is 5.91. The molecular weight excluding hydrogens is 390 g/mol. The van der Waals surface area contributed by atoms with Gasteiger partial charge in [0.2, 0.25) is 0 Å². The van der Waals surface area contributed by atoms with E-state index in [1.54, 1.807) is 12.1 Å². The van der Waals surface area contributed by atoms with E-state index in [2.05, 4.69) is 5.32 Å². The maximum absolute atomic E-state index is 12.7. The van der Waals surface area contributed by atoms with Gasteiger partial charge < -0.3 is 10.1 Å². The first-order valence-electron chi connectivity index (χ1n) is 9.09. The molecule has 1 atom stereocenters. The number of hydrogen-bond donors (Lipinski definition) is 2. The van der Waals surface area contributed by atoms with E-state index in [1.165, 1.54) is 32.2 Å². The largest absolute Gasteiger partial charge is 0.449 e. The molecule has 0 fully saturated rings. The van der Waals surface area contributed by atoms with Gasteiger partial charge in [0.1, 0.15) is 0 Å². The van der Waals surface area contributed by atoms with Crippen LogP contribution in [-0.2, 0) is 16.1 Å². The minimum absolute atomic E-state index is 0.0102. The molecule has 2 aromatic carbocycles. The van der Waals surface area contributed by atoms with Crippen molar-refractivity contribution in [3.05, 3.63) is 70.8 Å². The van der Waals surface area contributed by atoms with E-state index in [0.29, 0.717) is 0 Å².